The van der Waals surface area contributed by atoms with Gasteiger partial charge >= 0.3 is 0 Å². The van der Waals surface area contributed by atoms with Crippen molar-refractivity contribution in [3.63, 3.8) is 0 Å². The molecular formula is C18H26N2O3S. The van der Waals surface area contributed by atoms with Gasteiger partial charge in [0.25, 0.3) is 5.91 Å². The molecule has 1 amide bonds. The van der Waals surface area contributed by atoms with E-state index in [0.717, 1.165) is 44.9 Å². The van der Waals surface area contributed by atoms with E-state index in [1.165, 1.54) is 6.42 Å². The van der Waals surface area contributed by atoms with Crippen LogP contribution in [0.25, 0.3) is 0 Å². The lowest BCUT2D eigenvalue weighted by atomic mass is 9.93. The van der Waals surface area contributed by atoms with Gasteiger partial charge in [0.05, 0.1) is 4.90 Å². The van der Waals surface area contributed by atoms with Crippen LogP contribution in [0, 0.1) is 0 Å². The second kappa shape index (κ2) is 7.66. The van der Waals surface area contributed by atoms with Gasteiger partial charge in [0.2, 0.25) is 10.0 Å². The summed E-state index contributed by atoms with van der Waals surface area (Å²) in [4.78, 5) is 12.4. The zero-order chi connectivity index (χ0) is 17.0. The standard InChI is InChI=1S/C18H26N2O3S/c21-18(19-16-7-6-8-16)15-9-11-17(12-10-15)24(22,23)20-13-4-2-1-3-5-14-20/h9-12,16H,1-8,13-14H2,(H,19,21). The number of sulfonamides is 1. The third-order valence-corrected chi connectivity index (χ3v) is 6.92. The number of benzene rings is 1. The number of carbonyl (C=O) groups is 1. The molecule has 1 saturated carbocycles. The molecule has 1 aromatic carbocycles. The number of carbonyl (C=O) groups excluding carboxylic acids is 1. The summed E-state index contributed by atoms with van der Waals surface area (Å²) < 4.78 is 27.2. The monoisotopic (exact) mass is 350 g/mol. The summed E-state index contributed by atoms with van der Waals surface area (Å²) in [6.45, 7) is 1.18. The molecule has 1 aliphatic heterocycles. The Morgan fingerprint density at radius 3 is 2.04 bits per heavy atom. The number of hydrogen-bond donors (Lipinski definition) is 1. The van der Waals surface area contributed by atoms with Crippen molar-refractivity contribution < 1.29 is 13.2 Å². The van der Waals surface area contributed by atoms with Gasteiger partial charge in [-0.25, -0.2) is 8.42 Å². The molecule has 132 valence electrons. The second-order valence-electron chi connectivity index (χ2n) is 6.80. The summed E-state index contributed by atoms with van der Waals surface area (Å²) in [6.07, 6.45) is 8.44. The Labute approximate surface area is 144 Å². The Morgan fingerprint density at radius 2 is 1.50 bits per heavy atom. The zero-order valence-electron chi connectivity index (χ0n) is 14.0. The molecule has 1 saturated heterocycles. The summed E-state index contributed by atoms with van der Waals surface area (Å²) in [5.74, 6) is -0.116. The quantitative estimate of drug-likeness (QED) is 0.908. The van der Waals surface area contributed by atoms with Crippen molar-refractivity contribution in [1.82, 2.24) is 9.62 Å². The van der Waals surface area contributed by atoms with Crippen LogP contribution in [0.4, 0.5) is 0 Å². The van der Waals surface area contributed by atoms with Crippen molar-refractivity contribution in [2.75, 3.05) is 13.1 Å². The maximum Gasteiger partial charge on any atom is 0.251 e. The van der Waals surface area contributed by atoms with Crippen molar-refractivity contribution in [2.45, 2.75) is 62.3 Å². The number of nitrogens with zero attached hydrogens (tertiary/aromatic N) is 1. The van der Waals surface area contributed by atoms with Crippen LogP contribution in [-0.2, 0) is 10.0 Å². The molecule has 1 aromatic rings. The molecule has 1 aliphatic carbocycles. The van der Waals surface area contributed by atoms with Crippen molar-refractivity contribution in [3.8, 4) is 0 Å². The second-order valence-corrected chi connectivity index (χ2v) is 8.74. The Bertz CT molecular complexity index is 658. The lowest BCUT2D eigenvalue weighted by molar-refractivity contribution is 0.0917. The molecule has 0 bridgehead atoms. The van der Waals surface area contributed by atoms with Crippen LogP contribution in [0.1, 0.15) is 61.7 Å². The van der Waals surface area contributed by atoms with E-state index in [1.54, 1.807) is 28.6 Å². The molecule has 6 heteroatoms. The van der Waals surface area contributed by atoms with E-state index in [1.807, 2.05) is 0 Å². The van der Waals surface area contributed by atoms with E-state index >= 15 is 0 Å². The van der Waals surface area contributed by atoms with Gasteiger partial charge in [0.1, 0.15) is 0 Å². The normalized spacial score (nSPS) is 20.7. The third kappa shape index (κ3) is 3.98. The smallest absolute Gasteiger partial charge is 0.251 e. The highest BCUT2D eigenvalue weighted by atomic mass is 32.2. The SMILES string of the molecule is O=C(NC1CCC1)c1ccc(S(=O)(=O)N2CCCCCCC2)cc1. The fraction of sp³-hybridized carbons (Fsp3) is 0.611. The van der Waals surface area contributed by atoms with Crippen molar-refractivity contribution in [2.24, 2.45) is 0 Å². The summed E-state index contributed by atoms with van der Waals surface area (Å²) in [6, 6.07) is 6.63. The molecule has 5 nitrogen and oxygen atoms in total. The average Bonchev–Trinajstić information content (AvgIpc) is 2.50. The maximum atomic E-state index is 12.8. The highest BCUT2D eigenvalue weighted by molar-refractivity contribution is 7.89. The predicted molar refractivity (Wildman–Crippen MR) is 93.4 cm³/mol. The van der Waals surface area contributed by atoms with Crippen LogP contribution < -0.4 is 5.32 Å². The van der Waals surface area contributed by atoms with Gasteiger partial charge in [-0.2, -0.15) is 4.31 Å². The van der Waals surface area contributed by atoms with Crippen LogP contribution in [0.3, 0.4) is 0 Å². The van der Waals surface area contributed by atoms with Crippen molar-refractivity contribution in [1.29, 1.82) is 0 Å². The van der Waals surface area contributed by atoms with Gasteiger partial charge in [-0.05, 0) is 56.4 Å². The van der Waals surface area contributed by atoms with E-state index in [0.29, 0.717) is 18.7 Å². The van der Waals surface area contributed by atoms with Crippen LogP contribution >= 0.6 is 0 Å². The van der Waals surface area contributed by atoms with Crippen LogP contribution in [0.15, 0.2) is 29.2 Å². The van der Waals surface area contributed by atoms with E-state index in [9.17, 15) is 13.2 Å². The van der Waals surface area contributed by atoms with Gasteiger partial charge in [0, 0.05) is 24.7 Å². The van der Waals surface area contributed by atoms with Gasteiger partial charge in [-0.3, -0.25) is 4.79 Å². The van der Waals surface area contributed by atoms with Crippen LogP contribution in [0.2, 0.25) is 0 Å². The highest BCUT2D eigenvalue weighted by Crippen LogP contribution is 2.21. The largest absolute Gasteiger partial charge is 0.349 e. The fourth-order valence-electron chi connectivity index (χ4n) is 3.21. The summed E-state index contributed by atoms with van der Waals surface area (Å²) >= 11 is 0. The lowest BCUT2D eigenvalue weighted by Gasteiger charge is -2.26. The first kappa shape index (κ1) is 17.4. The van der Waals surface area contributed by atoms with Gasteiger partial charge < -0.3 is 5.32 Å². The zero-order valence-corrected chi connectivity index (χ0v) is 14.9. The van der Waals surface area contributed by atoms with Gasteiger partial charge in [0.15, 0.2) is 0 Å². The number of hydrogen-bond acceptors (Lipinski definition) is 3. The first-order chi connectivity index (χ1) is 11.6. The molecule has 0 atom stereocenters. The van der Waals surface area contributed by atoms with Crippen molar-refractivity contribution >= 4 is 15.9 Å². The molecule has 0 unspecified atom stereocenters. The molecule has 0 aromatic heterocycles. The predicted octanol–water partition coefficient (Wildman–Crippen LogP) is 2.92. The maximum absolute atomic E-state index is 12.8. The Balaban J connectivity index is 1.69. The molecule has 2 aliphatic rings. The first-order valence-electron chi connectivity index (χ1n) is 8.98. The van der Waals surface area contributed by atoms with E-state index in [2.05, 4.69) is 5.32 Å². The molecule has 1 heterocycles. The van der Waals surface area contributed by atoms with E-state index in [-0.39, 0.29) is 16.8 Å². The molecule has 0 radical (unpaired) electrons. The number of rotatable bonds is 4. The average molecular weight is 350 g/mol. The minimum absolute atomic E-state index is 0.116. The van der Waals surface area contributed by atoms with E-state index in [4.69, 9.17) is 0 Å². The third-order valence-electron chi connectivity index (χ3n) is 5.01. The molecular weight excluding hydrogens is 324 g/mol. The molecule has 3 rings (SSSR count). The Kier molecular flexibility index (Phi) is 5.56. The minimum Gasteiger partial charge on any atom is -0.349 e. The molecule has 0 spiro atoms. The van der Waals surface area contributed by atoms with Gasteiger partial charge in [-0.15, -0.1) is 0 Å². The fourth-order valence-corrected chi connectivity index (χ4v) is 4.72. The highest BCUT2D eigenvalue weighted by Gasteiger charge is 2.25. The van der Waals surface area contributed by atoms with Crippen molar-refractivity contribution in [3.05, 3.63) is 29.8 Å². The lowest BCUT2D eigenvalue weighted by Crippen LogP contribution is -2.39. The summed E-state index contributed by atoms with van der Waals surface area (Å²) in [5, 5.41) is 2.97. The molecule has 24 heavy (non-hydrogen) atoms. The number of amides is 1. The molecule has 1 N–H and O–H groups in total. The molecule has 2 fully saturated rings. The Morgan fingerprint density at radius 1 is 0.917 bits per heavy atom. The summed E-state index contributed by atoms with van der Waals surface area (Å²) in [5.41, 5.74) is 0.522. The first-order valence-corrected chi connectivity index (χ1v) is 10.4. The van der Waals surface area contributed by atoms with Gasteiger partial charge in [-0.1, -0.05) is 19.3 Å². The topological polar surface area (TPSA) is 66.5 Å². The van der Waals surface area contributed by atoms with E-state index < -0.39 is 10.0 Å². The minimum atomic E-state index is -3.46. The Hall–Kier alpha value is -1.40. The van der Waals surface area contributed by atoms with Crippen LogP contribution in [0.5, 0.6) is 0 Å². The summed E-state index contributed by atoms with van der Waals surface area (Å²) in [7, 11) is -3.46. The number of nitrogens with one attached hydrogen (secondary N) is 1. The van der Waals surface area contributed by atoms with Crippen LogP contribution in [-0.4, -0.2) is 37.8 Å².